The first-order valence-electron chi connectivity index (χ1n) is 3.92. The maximum Gasteiger partial charge on any atom is 0.574 e. The Hall–Kier alpha value is -2.26. The van der Waals surface area contributed by atoms with E-state index in [1.54, 1.807) is 0 Å². The van der Waals surface area contributed by atoms with E-state index in [0.717, 1.165) is 7.11 Å². The van der Waals surface area contributed by atoms with Crippen molar-refractivity contribution in [2.75, 3.05) is 7.11 Å². The van der Waals surface area contributed by atoms with Crippen molar-refractivity contribution in [1.82, 2.24) is 4.98 Å². The van der Waals surface area contributed by atoms with Crippen molar-refractivity contribution in [3.63, 3.8) is 0 Å². The van der Waals surface area contributed by atoms with Gasteiger partial charge in [-0.1, -0.05) is 0 Å². The number of rotatable bonds is 3. The number of hydrogen-bond donors (Lipinski definition) is 1. The van der Waals surface area contributed by atoms with Crippen LogP contribution in [0, 0.1) is 10.1 Å². The Morgan fingerprint density at radius 1 is 1.53 bits per heavy atom. The van der Waals surface area contributed by atoms with Crippen molar-refractivity contribution in [1.29, 1.82) is 0 Å². The predicted molar refractivity (Wildman–Crippen MR) is 45.8 cm³/mol. The molecule has 0 aliphatic heterocycles. The molecule has 0 atom stereocenters. The minimum Gasteiger partial charge on any atom is -0.501 e. The van der Waals surface area contributed by atoms with E-state index in [1.165, 1.54) is 0 Å². The number of aromatic hydroxyl groups is 1. The number of pyridine rings is 1. The van der Waals surface area contributed by atoms with E-state index in [4.69, 9.17) is 5.11 Å². The molecule has 17 heavy (non-hydrogen) atoms. The van der Waals surface area contributed by atoms with Crippen molar-refractivity contribution in [2.24, 2.45) is 0 Å². The van der Waals surface area contributed by atoms with Gasteiger partial charge < -0.3 is 14.6 Å². The van der Waals surface area contributed by atoms with Gasteiger partial charge in [0, 0.05) is 0 Å². The van der Waals surface area contributed by atoms with Crippen LogP contribution in [0.1, 0.15) is 0 Å². The van der Waals surface area contributed by atoms with Crippen LogP contribution < -0.4 is 9.47 Å². The van der Waals surface area contributed by atoms with Gasteiger partial charge in [0.2, 0.25) is 5.75 Å². The monoisotopic (exact) mass is 254 g/mol. The molecular formula is C7H5F3N2O5. The van der Waals surface area contributed by atoms with Gasteiger partial charge >= 0.3 is 12.0 Å². The molecule has 1 rings (SSSR count). The number of alkyl halides is 3. The van der Waals surface area contributed by atoms with Gasteiger partial charge in [0.05, 0.1) is 18.2 Å². The Balaban J connectivity index is 3.33. The second-order valence-corrected chi connectivity index (χ2v) is 2.64. The first kappa shape index (κ1) is 12.8. The van der Waals surface area contributed by atoms with Gasteiger partial charge in [-0.05, 0) is 0 Å². The van der Waals surface area contributed by atoms with E-state index < -0.39 is 34.4 Å². The number of methoxy groups -OCH3 is 1. The number of halogens is 3. The van der Waals surface area contributed by atoms with Gasteiger partial charge in [0.15, 0.2) is 0 Å². The lowest BCUT2D eigenvalue weighted by Crippen LogP contribution is -2.18. The van der Waals surface area contributed by atoms with Crippen LogP contribution in [0.4, 0.5) is 18.9 Å². The van der Waals surface area contributed by atoms with E-state index in [2.05, 4.69) is 14.5 Å². The molecule has 94 valence electrons. The summed E-state index contributed by atoms with van der Waals surface area (Å²) < 4.78 is 43.6. The smallest absolute Gasteiger partial charge is 0.501 e. The second kappa shape index (κ2) is 4.31. The van der Waals surface area contributed by atoms with E-state index >= 15 is 0 Å². The third-order valence-corrected chi connectivity index (χ3v) is 1.56. The Labute approximate surface area is 91.6 Å². The highest BCUT2D eigenvalue weighted by Gasteiger charge is 2.36. The molecule has 0 amide bonds. The lowest BCUT2D eigenvalue weighted by molar-refractivity contribution is -0.387. The second-order valence-electron chi connectivity index (χ2n) is 2.64. The lowest BCUT2D eigenvalue weighted by atomic mass is 10.3. The van der Waals surface area contributed by atoms with Crippen molar-refractivity contribution in [2.45, 2.75) is 6.36 Å². The summed E-state index contributed by atoms with van der Waals surface area (Å²) in [5.74, 6) is -2.99. The molecule has 7 nitrogen and oxygen atoms in total. The number of aromatic nitrogens is 1. The summed E-state index contributed by atoms with van der Waals surface area (Å²) in [5.41, 5.74) is -1.05. The van der Waals surface area contributed by atoms with E-state index in [9.17, 15) is 23.3 Å². The molecule has 0 aliphatic carbocycles. The number of nitrogens with zero attached hydrogens (tertiary/aromatic N) is 2. The van der Waals surface area contributed by atoms with Crippen LogP contribution in [0.2, 0.25) is 0 Å². The normalized spacial score (nSPS) is 11.1. The van der Waals surface area contributed by atoms with Gasteiger partial charge in [-0.15, -0.1) is 13.2 Å². The van der Waals surface area contributed by atoms with E-state index in [1.807, 2.05) is 0 Å². The molecule has 0 aromatic carbocycles. The van der Waals surface area contributed by atoms with Crippen LogP contribution in [-0.4, -0.2) is 28.5 Å². The quantitative estimate of drug-likeness (QED) is 0.650. The highest BCUT2D eigenvalue weighted by molar-refractivity contribution is 5.60. The third-order valence-electron chi connectivity index (χ3n) is 1.56. The number of hydrogen-bond acceptors (Lipinski definition) is 6. The largest absolute Gasteiger partial charge is 0.574 e. The van der Waals surface area contributed by atoms with Crippen LogP contribution in [0.25, 0.3) is 0 Å². The highest BCUT2D eigenvalue weighted by atomic mass is 19.4. The lowest BCUT2D eigenvalue weighted by Gasteiger charge is -2.11. The van der Waals surface area contributed by atoms with Crippen LogP contribution in [0.15, 0.2) is 6.20 Å². The third kappa shape index (κ3) is 2.86. The van der Waals surface area contributed by atoms with Crippen molar-refractivity contribution in [3.8, 4) is 17.4 Å². The Morgan fingerprint density at radius 2 is 2.12 bits per heavy atom. The molecule has 0 radical (unpaired) electrons. The fraction of sp³-hybridized carbons (Fsp3) is 0.286. The maximum atomic E-state index is 11.9. The average Bonchev–Trinajstić information content (AvgIpc) is 2.17. The first-order chi connectivity index (χ1) is 7.76. The Morgan fingerprint density at radius 3 is 2.53 bits per heavy atom. The van der Waals surface area contributed by atoms with Crippen LogP contribution in [0.5, 0.6) is 17.4 Å². The summed E-state index contributed by atoms with van der Waals surface area (Å²) in [5, 5.41) is 19.6. The van der Waals surface area contributed by atoms with E-state index in [-0.39, 0.29) is 0 Å². The fourth-order valence-corrected chi connectivity index (χ4v) is 1.000. The zero-order chi connectivity index (χ0) is 13.2. The van der Waals surface area contributed by atoms with Crippen molar-refractivity contribution in [3.05, 3.63) is 16.3 Å². The molecule has 0 spiro atoms. The van der Waals surface area contributed by atoms with Crippen LogP contribution in [0.3, 0.4) is 0 Å². The molecule has 0 fully saturated rings. The molecule has 0 saturated heterocycles. The number of ether oxygens (including phenoxy) is 2. The molecule has 1 heterocycles. The Bertz CT molecular complexity index is 448. The topological polar surface area (TPSA) is 94.7 Å². The van der Waals surface area contributed by atoms with Gasteiger partial charge in [-0.3, -0.25) is 10.1 Å². The summed E-state index contributed by atoms with van der Waals surface area (Å²) in [4.78, 5) is 12.5. The molecule has 0 aliphatic rings. The van der Waals surface area contributed by atoms with Crippen molar-refractivity contribution >= 4 is 5.69 Å². The minimum atomic E-state index is -5.08. The maximum absolute atomic E-state index is 11.9. The molecular weight excluding hydrogens is 249 g/mol. The molecule has 0 saturated carbocycles. The standard InChI is InChI=1S/C7H5F3N2O5/c1-16-5-4(12(14)15)3(13)2-11-6(5)17-7(8,9)10/h2,13H,1H3. The van der Waals surface area contributed by atoms with Gasteiger partial charge in [0.1, 0.15) is 0 Å². The summed E-state index contributed by atoms with van der Waals surface area (Å²) in [6.07, 6.45) is -4.62. The summed E-state index contributed by atoms with van der Waals surface area (Å²) in [6.45, 7) is 0. The van der Waals surface area contributed by atoms with E-state index in [0.29, 0.717) is 6.20 Å². The number of nitro groups is 1. The van der Waals surface area contributed by atoms with Gasteiger partial charge in [0.25, 0.3) is 11.6 Å². The SMILES string of the molecule is COc1c(OC(F)(F)F)ncc(O)c1[N+](=O)[O-]. The minimum absolute atomic E-state index is 0.460. The Kier molecular flexibility index (Phi) is 3.25. The first-order valence-corrected chi connectivity index (χ1v) is 3.92. The zero-order valence-electron chi connectivity index (χ0n) is 8.19. The van der Waals surface area contributed by atoms with Gasteiger partial charge in [-0.2, -0.15) is 0 Å². The molecule has 1 N–H and O–H groups in total. The summed E-state index contributed by atoms with van der Waals surface area (Å²) in [6, 6.07) is 0. The molecule has 10 heteroatoms. The molecule has 0 unspecified atom stereocenters. The average molecular weight is 254 g/mol. The molecule has 0 bridgehead atoms. The van der Waals surface area contributed by atoms with Crippen LogP contribution in [-0.2, 0) is 0 Å². The molecule has 1 aromatic rings. The van der Waals surface area contributed by atoms with Crippen molar-refractivity contribution < 1.29 is 32.7 Å². The zero-order valence-corrected chi connectivity index (χ0v) is 8.19. The van der Waals surface area contributed by atoms with Gasteiger partial charge in [-0.25, -0.2) is 4.98 Å². The summed E-state index contributed by atoms with van der Waals surface area (Å²) >= 11 is 0. The predicted octanol–water partition coefficient (Wildman–Crippen LogP) is 1.60. The highest BCUT2D eigenvalue weighted by Crippen LogP contribution is 2.42. The molecule has 1 aromatic heterocycles. The van der Waals surface area contributed by atoms with Crippen LogP contribution >= 0.6 is 0 Å². The summed E-state index contributed by atoms with van der Waals surface area (Å²) in [7, 11) is 0.882. The fourth-order valence-electron chi connectivity index (χ4n) is 1.000.